The lowest BCUT2D eigenvalue weighted by Crippen LogP contribution is -2.28. The topological polar surface area (TPSA) is 89.0 Å². The largest absolute Gasteiger partial charge is 0.493 e. The number of rotatable bonds is 6. The van der Waals surface area contributed by atoms with E-state index in [4.69, 9.17) is 9.47 Å². The van der Waals surface area contributed by atoms with Crippen molar-refractivity contribution in [1.29, 1.82) is 0 Å². The molecule has 0 bridgehead atoms. The van der Waals surface area contributed by atoms with Crippen molar-refractivity contribution in [1.82, 2.24) is 5.32 Å². The summed E-state index contributed by atoms with van der Waals surface area (Å²) in [5.41, 5.74) is 3.55. The van der Waals surface area contributed by atoms with Gasteiger partial charge in [0.05, 0.1) is 19.9 Å². The number of nitrogens with one attached hydrogen (secondary N) is 2. The van der Waals surface area contributed by atoms with Crippen LogP contribution in [0.25, 0.3) is 0 Å². The predicted molar refractivity (Wildman–Crippen MR) is 115 cm³/mol. The number of methoxy groups -OCH3 is 2. The molecule has 0 spiro atoms. The molecule has 152 valence electrons. The van der Waals surface area contributed by atoms with Crippen LogP contribution >= 0.6 is 11.8 Å². The fourth-order valence-corrected chi connectivity index (χ4v) is 4.01. The smallest absolute Gasteiger partial charge is 0.240 e. The van der Waals surface area contributed by atoms with Crippen molar-refractivity contribution in [3.63, 3.8) is 0 Å². The number of aryl methyl sites for hydroxylation is 2. The quantitative estimate of drug-likeness (QED) is 0.756. The Morgan fingerprint density at radius 3 is 2.45 bits per heavy atom. The standard InChI is InChI=1S/C21H23N3O4S/c1-12-7-13(2)9-15(8-12)23-21-24-20(26)18(29-21)11-19(25)22-14-5-6-16(27-3)17(10-14)28-4/h5-10,18H,11H2,1-4H3,(H,22,25)(H,23,24,26)/t18-/m1/s1. The Morgan fingerprint density at radius 2 is 1.79 bits per heavy atom. The first-order valence-corrected chi connectivity index (χ1v) is 9.92. The second-order valence-electron chi connectivity index (χ2n) is 6.68. The molecule has 29 heavy (non-hydrogen) atoms. The van der Waals surface area contributed by atoms with E-state index in [2.05, 4.69) is 21.7 Å². The van der Waals surface area contributed by atoms with Crippen molar-refractivity contribution in [2.45, 2.75) is 25.5 Å². The Balaban J connectivity index is 1.64. The number of hydrogen-bond acceptors (Lipinski definition) is 6. The molecular formula is C21H23N3O4S. The van der Waals surface area contributed by atoms with Crippen LogP contribution in [0.15, 0.2) is 41.4 Å². The summed E-state index contributed by atoms with van der Waals surface area (Å²) in [6, 6.07) is 11.1. The van der Waals surface area contributed by atoms with Crippen molar-refractivity contribution in [3.05, 3.63) is 47.5 Å². The van der Waals surface area contributed by atoms with Crippen LogP contribution in [0.1, 0.15) is 17.5 Å². The monoisotopic (exact) mass is 413 g/mol. The molecule has 1 atom stereocenters. The number of carbonyl (C=O) groups excluding carboxylic acids is 2. The number of amides is 2. The number of benzene rings is 2. The normalized spacial score (nSPS) is 17.2. The van der Waals surface area contributed by atoms with Crippen molar-refractivity contribution in [2.75, 3.05) is 19.5 Å². The molecule has 1 aliphatic heterocycles. The van der Waals surface area contributed by atoms with Crippen molar-refractivity contribution >= 4 is 40.1 Å². The van der Waals surface area contributed by atoms with Crippen molar-refractivity contribution in [2.24, 2.45) is 4.99 Å². The van der Waals surface area contributed by atoms with Gasteiger partial charge in [-0.25, -0.2) is 4.99 Å². The van der Waals surface area contributed by atoms with Gasteiger partial charge < -0.3 is 20.1 Å². The van der Waals surface area contributed by atoms with Gasteiger partial charge in [0, 0.05) is 18.2 Å². The molecule has 0 saturated carbocycles. The van der Waals surface area contributed by atoms with E-state index in [1.807, 2.05) is 26.0 Å². The second-order valence-corrected chi connectivity index (χ2v) is 7.87. The summed E-state index contributed by atoms with van der Waals surface area (Å²) in [5, 5.41) is 5.51. The van der Waals surface area contributed by atoms with Crippen LogP contribution in [0.4, 0.5) is 11.4 Å². The van der Waals surface area contributed by atoms with E-state index >= 15 is 0 Å². The molecule has 2 aromatic rings. The maximum absolute atomic E-state index is 12.4. The fourth-order valence-electron chi connectivity index (χ4n) is 3.02. The van der Waals surface area contributed by atoms with Gasteiger partial charge in [0.1, 0.15) is 5.25 Å². The van der Waals surface area contributed by atoms with Gasteiger partial charge in [0.2, 0.25) is 11.8 Å². The first kappa shape index (κ1) is 20.7. The van der Waals surface area contributed by atoms with Gasteiger partial charge in [-0.1, -0.05) is 17.8 Å². The zero-order chi connectivity index (χ0) is 21.0. The highest BCUT2D eigenvalue weighted by Gasteiger charge is 2.32. The SMILES string of the molecule is COc1ccc(NC(=O)C[C@H]2SC(=Nc3cc(C)cc(C)c3)NC2=O)cc1OC. The third kappa shape index (κ3) is 5.29. The Morgan fingerprint density at radius 1 is 1.10 bits per heavy atom. The van der Waals surface area contributed by atoms with Crippen LogP contribution in [0.5, 0.6) is 11.5 Å². The van der Waals surface area contributed by atoms with E-state index in [9.17, 15) is 9.59 Å². The third-order valence-electron chi connectivity index (χ3n) is 4.25. The molecule has 0 radical (unpaired) electrons. The molecule has 1 aliphatic rings. The summed E-state index contributed by atoms with van der Waals surface area (Å²) in [6.45, 7) is 4.00. The first-order valence-electron chi connectivity index (χ1n) is 9.04. The molecule has 0 aromatic heterocycles. The average Bonchev–Trinajstić information content (AvgIpc) is 2.99. The van der Waals surface area contributed by atoms with Gasteiger partial charge >= 0.3 is 0 Å². The molecule has 8 heteroatoms. The zero-order valence-electron chi connectivity index (χ0n) is 16.7. The fraction of sp³-hybridized carbons (Fsp3) is 0.286. The number of nitrogens with zero attached hydrogens (tertiary/aromatic N) is 1. The summed E-state index contributed by atoms with van der Waals surface area (Å²) in [5.74, 6) is 0.600. The molecule has 2 N–H and O–H groups in total. The van der Waals surface area contributed by atoms with Crippen molar-refractivity contribution < 1.29 is 19.1 Å². The summed E-state index contributed by atoms with van der Waals surface area (Å²) in [7, 11) is 3.07. The Labute approximate surface area is 173 Å². The van der Waals surface area contributed by atoms with E-state index in [0.717, 1.165) is 16.8 Å². The summed E-state index contributed by atoms with van der Waals surface area (Å²) < 4.78 is 10.4. The number of amidine groups is 1. The van der Waals surface area contributed by atoms with Gasteiger partial charge in [-0.15, -0.1) is 0 Å². The minimum absolute atomic E-state index is 0.0384. The van der Waals surface area contributed by atoms with Crippen LogP contribution in [0, 0.1) is 13.8 Å². The highest BCUT2D eigenvalue weighted by molar-refractivity contribution is 8.15. The van der Waals surface area contributed by atoms with Gasteiger partial charge in [0.15, 0.2) is 16.7 Å². The molecule has 2 amide bonds. The molecule has 1 heterocycles. The number of anilines is 1. The summed E-state index contributed by atoms with van der Waals surface area (Å²) in [4.78, 5) is 29.2. The van der Waals surface area contributed by atoms with Crippen molar-refractivity contribution in [3.8, 4) is 11.5 Å². The van der Waals surface area contributed by atoms with E-state index in [0.29, 0.717) is 22.4 Å². The van der Waals surface area contributed by atoms with E-state index in [1.165, 1.54) is 18.9 Å². The summed E-state index contributed by atoms with van der Waals surface area (Å²) in [6.07, 6.45) is 0.0384. The number of carbonyl (C=O) groups is 2. The van der Waals surface area contributed by atoms with Crippen LogP contribution in [0.3, 0.4) is 0 Å². The van der Waals surface area contributed by atoms with Crippen LogP contribution < -0.4 is 20.1 Å². The zero-order valence-corrected chi connectivity index (χ0v) is 17.6. The van der Waals surface area contributed by atoms with E-state index < -0.39 is 5.25 Å². The highest BCUT2D eigenvalue weighted by Crippen LogP contribution is 2.30. The lowest BCUT2D eigenvalue weighted by molar-refractivity contribution is -0.122. The van der Waals surface area contributed by atoms with Crippen LogP contribution in [-0.4, -0.2) is 36.5 Å². The number of thioether (sulfide) groups is 1. The van der Waals surface area contributed by atoms with Gasteiger partial charge in [-0.3, -0.25) is 9.59 Å². The molecule has 1 saturated heterocycles. The van der Waals surface area contributed by atoms with Crippen LogP contribution in [0.2, 0.25) is 0 Å². The molecule has 3 rings (SSSR count). The lowest BCUT2D eigenvalue weighted by Gasteiger charge is -2.11. The number of ether oxygens (including phenoxy) is 2. The Bertz CT molecular complexity index is 954. The number of hydrogen-bond donors (Lipinski definition) is 2. The van der Waals surface area contributed by atoms with E-state index in [-0.39, 0.29) is 18.2 Å². The molecule has 0 unspecified atom stereocenters. The Kier molecular flexibility index (Phi) is 6.43. The second kappa shape index (κ2) is 9.00. The maximum Gasteiger partial charge on any atom is 0.240 e. The van der Waals surface area contributed by atoms with Gasteiger partial charge in [-0.2, -0.15) is 0 Å². The Hall–Kier alpha value is -3.00. The van der Waals surface area contributed by atoms with E-state index in [1.54, 1.807) is 25.3 Å². The van der Waals surface area contributed by atoms with Gasteiger partial charge in [-0.05, 0) is 49.2 Å². The molecule has 0 aliphatic carbocycles. The average molecular weight is 413 g/mol. The molecule has 2 aromatic carbocycles. The lowest BCUT2D eigenvalue weighted by atomic mass is 10.1. The predicted octanol–water partition coefficient (Wildman–Crippen LogP) is 3.57. The third-order valence-corrected chi connectivity index (χ3v) is 5.33. The highest BCUT2D eigenvalue weighted by atomic mass is 32.2. The minimum Gasteiger partial charge on any atom is -0.493 e. The number of aliphatic imine (C=N–C) groups is 1. The molecule has 7 nitrogen and oxygen atoms in total. The summed E-state index contributed by atoms with van der Waals surface area (Å²) >= 11 is 1.26. The van der Waals surface area contributed by atoms with Crippen LogP contribution in [-0.2, 0) is 9.59 Å². The maximum atomic E-state index is 12.4. The minimum atomic E-state index is -0.528. The first-order chi connectivity index (χ1) is 13.9. The van der Waals surface area contributed by atoms with Gasteiger partial charge in [0.25, 0.3) is 0 Å². The molecule has 1 fully saturated rings. The molecular weight excluding hydrogens is 390 g/mol.